The van der Waals surface area contributed by atoms with Crippen molar-refractivity contribution in [2.24, 2.45) is 0 Å². The summed E-state index contributed by atoms with van der Waals surface area (Å²) in [5, 5.41) is 5.90. The van der Waals surface area contributed by atoms with Crippen LogP contribution in [0.15, 0.2) is 77.5 Å². The Balaban J connectivity index is 1.46. The zero-order chi connectivity index (χ0) is 28.1. The van der Waals surface area contributed by atoms with Crippen LogP contribution in [0.3, 0.4) is 0 Å². The van der Waals surface area contributed by atoms with E-state index >= 15 is 0 Å². The van der Waals surface area contributed by atoms with Crippen LogP contribution in [0.2, 0.25) is 10.0 Å². The molecule has 4 rings (SSSR count). The third-order valence-electron chi connectivity index (χ3n) is 5.69. The minimum atomic E-state index is -0.726. The smallest absolute Gasteiger partial charge is 0.338 e. The average Bonchev–Trinajstić information content (AvgIpc) is 3.14. The predicted molar refractivity (Wildman–Crippen MR) is 151 cm³/mol. The van der Waals surface area contributed by atoms with E-state index in [1.54, 1.807) is 30.3 Å². The van der Waals surface area contributed by atoms with Crippen molar-refractivity contribution in [3.05, 3.63) is 98.6 Å². The average molecular weight is 587 g/mol. The molecule has 3 aromatic rings. The van der Waals surface area contributed by atoms with Crippen LogP contribution < -0.4 is 15.5 Å². The van der Waals surface area contributed by atoms with Crippen LogP contribution in [0.25, 0.3) is 0 Å². The summed E-state index contributed by atoms with van der Waals surface area (Å²) in [4.78, 5) is 51.8. The number of rotatable bonds is 9. The third-order valence-corrected chi connectivity index (χ3v) is 6.78. The fourth-order valence-corrected chi connectivity index (χ4v) is 4.16. The molecule has 0 bridgehead atoms. The van der Waals surface area contributed by atoms with Crippen molar-refractivity contribution in [2.45, 2.75) is 19.8 Å². The number of ether oxygens (including phenoxy) is 1. The Morgan fingerprint density at radius 3 is 2.28 bits per heavy atom. The number of benzene rings is 3. The van der Waals surface area contributed by atoms with Gasteiger partial charge < -0.3 is 15.4 Å². The Hall–Kier alpha value is -3.85. The van der Waals surface area contributed by atoms with Crippen LogP contribution in [-0.2, 0) is 14.3 Å². The summed E-state index contributed by atoms with van der Waals surface area (Å²) in [6, 6.07) is 16.9. The molecule has 0 aromatic heterocycles. The maximum absolute atomic E-state index is 13.1. The second kappa shape index (κ2) is 12.3. The Bertz CT molecular complexity index is 1490. The number of hydrogen-bond acceptors (Lipinski definition) is 6. The van der Waals surface area contributed by atoms with Gasteiger partial charge in [0, 0.05) is 16.9 Å². The highest BCUT2D eigenvalue weighted by molar-refractivity contribution is 6.53. The molecule has 200 valence electrons. The minimum Gasteiger partial charge on any atom is -0.462 e. The lowest BCUT2D eigenvalue weighted by atomic mass is 10.1. The highest BCUT2D eigenvalue weighted by atomic mass is 35.5. The molecule has 3 amide bonds. The number of carbonyl (C=O) groups is 4. The second-order valence-electron chi connectivity index (χ2n) is 8.46. The summed E-state index contributed by atoms with van der Waals surface area (Å²) < 4.78 is 5.18. The van der Waals surface area contributed by atoms with Crippen molar-refractivity contribution in [2.75, 3.05) is 22.1 Å². The van der Waals surface area contributed by atoms with Crippen LogP contribution in [0.1, 0.15) is 40.5 Å². The molecule has 0 saturated carbocycles. The number of imide groups is 1. The second-order valence-corrected chi connectivity index (χ2v) is 9.65. The number of esters is 1. The zero-order valence-corrected chi connectivity index (χ0v) is 22.9. The van der Waals surface area contributed by atoms with Crippen LogP contribution >= 0.6 is 34.8 Å². The van der Waals surface area contributed by atoms with Gasteiger partial charge in [-0.25, -0.2) is 9.69 Å². The molecule has 2 N–H and O–H groups in total. The van der Waals surface area contributed by atoms with E-state index in [2.05, 4.69) is 10.6 Å². The summed E-state index contributed by atoms with van der Waals surface area (Å²) in [6.07, 6.45) is 1.65. The van der Waals surface area contributed by atoms with Gasteiger partial charge in [0.05, 0.1) is 27.9 Å². The number of unbranched alkanes of at least 4 members (excludes halogenated alkanes) is 1. The van der Waals surface area contributed by atoms with Crippen LogP contribution in [0.5, 0.6) is 0 Å². The van der Waals surface area contributed by atoms with Crippen molar-refractivity contribution in [1.29, 1.82) is 0 Å². The van der Waals surface area contributed by atoms with Gasteiger partial charge in [-0.2, -0.15) is 0 Å². The van der Waals surface area contributed by atoms with E-state index in [4.69, 9.17) is 39.5 Å². The third kappa shape index (κ3) is 6.42. The lowest BCUT2D eigenvalue weighted by Gasteiger charge is -2.15. The maximum Gasteiger partial charge on any atom is 0.338 e. The quantitative estimate of drug-likeness (QED) is 0.165. The molecule has 39 heavy (non-hydrogen) atoms. The highest BCUT2D eigenvalue weighted by Gasteiger charge is 2.39. The summed E-state index contributed by atoms with van der Waals surface area (Å²) >= 11 is 18.2. The molecule has 1 aliphatic heterocycles. The van der Waals surface area contributed by atoms with Gasteiger partial charge in [0.2, 0.25) is 0 Å². The first kappa shape index (κ1) is 28.2. The molecule has 3 aromatic carbocycles. The first-order valence-electron chi connectivity index (χ1n) is 11.9. The van der Waals surface area contributed by atoms with Gasteiger partial charge in [-0.15, -0.1) is 0 Å². The van der Waals surface area contributed by atoms with Gasteiger partial charge >= 0.3 is 5.97 Å². The number of amides is 3. The summed E-state index contributed by atoms with van der Waals surface area (Å²) in [5.41, 5.74) is 1.47. The van der Waals surface area contributed by atoms with Crippen molar-refractivity contribution < 1.29 is 23.9 Å². The summed E-state index contributed by atoms with van der Waals surface area (Å²) in [5.74, 6) is -2.33. The Morgan fingerprint density at radius 2 is 1.59 bits per heavy atom. The van der Waals surface area contributed by atoms with E-state index in [0.29, 0.717) is 33.6 Å². The molecule has 1 heterocycles. The molecule has 0 saturated heterocycles. The topological polar surface area (TPSA) is 105 Å². The Labute approximate surface area is 239 Å². The van der Waals surface area contributed by atoms with Crippen molar-refractivity contribution in [3.8, 4) is 0 Å². The molecule has 11 heteroatoms. The van der Waals surface area contributed by atoms with Crippen molar-refractivity contribution in [1.82, 2.24) is 0 Å². The lowest BCUT2D eigenvalue weighted by Crippen LogP contribution is -2.32. The van der Waals surface area contributed by atoms with Crippen LogP contribution in [0.4, 0.5) is 17.1 Å². The van der Waals surface area contributed by atoms with Crippen molar-refractivity contribution >= 4 is 75.6 Å². The fourth-order valence-electron chi connectivity index (χ4n) is 3.64. The van der Waals surface area contributed by atoms with Crippen LogP contribution in [0, 0.1) is 0 Å². The standard InChI is InChI=1S/C28H22Cl3N3O5/c1-2-3-13-39-28(38)16-7-10-20(11-8-16)34-26(36)23(31)24(27(34)37)32-18-6-4-5-17(14-18)25(35)33-19-9-12-21(29)22(30)15-19/h4-12,14-15,32H,2-3,13H2,1H3,(H,33,35). The summed E-state index contributed by atoms with van der Waals surface area (Å²) in [6.45, 7) is 2.30. The van der Waals surface area contributed by atoms with Gasteiger partial charge in [-0.1, -0.05) is 54.2 Å². The van der Waals surface area contributed by atoms with Gasteiger partial charge in [0.25, 0.3) is 17.7 Å². The van der Waals surface area contributed by atoms with E-state index in [9.17, 15) is 19.2 Å². The lowest BCUT2D eigenvalue weighted by molar-refractivity contribution is -0.120. The normalized spacial score (nSPS) is 13.1. The van der Waals surface area contributed by atoms with Gasteiger partial charge in [-0.3, -0.25) is 14.4 Å². The molecule has 1 aliphatic rings. The molecule has 0 atom stereocenters. The first-order valence-corrected chi connectivity index (χ1v) is 13.0. The SMILES string of the molecule is CCCCOC(=O)c1ccc(N2C(=O)C(Cl)=C(Nc3cccc(C(=O)Nc4ccc(Cl)c(Cl)c4)c3)C2=O)cc1. The Morgan fingerprint density at radius 1 is 0.846 bits per heavy atom. The maximum atomic E-state index is 13.1. The number of halogens is 3. The van der Waals surface area contributed by atoms with E-state index in [1.807, 2.05) is 6.92 Å². The predicted octanol–water partition coefficient (Wildman–Crippen LogP) is 6.64. The van der Waals surface area contributed by atoms with Gasteiger partial charge in [0.1, 0.15) is 10.7 Å². The monoisotopic (exact) mass is 585 g/mol. The largest absolute Gasteiger partial charge is 0.462 e. The van der Waals surface area contributed by atoms with Gasteiger partial charge in [0.15, 0.2) is 0 Å². The van der Waals surface area contributed by atoms with Gasteiger partial charge in [-0.05, 0) is 67.1 Å². The Kier molecular flexibility index (Phi) is 8.91. The molecule has 8 nitrogen and oxygen atoms in total. The molecule has 0 spiro atoms. The zero-order valence-electron chi connectivity index (χ0n) is 20.6. The van der Waals surface area contributed by atoms with E-state index in [-0.39, 0.29) is 22.0 Å². The highest BCUT2D eigenvalue weighted by Crippen LogP contribution is 2.31. The summed E-state index contributed by atoms with van der Waals surface area (Å²) in [7, 11) is 0. The van der Waals surface area contributed by atoms with Crippen molar-refractivity contribution in [3.63, 3.8) is 0 Å². The number of hydrogen-bond donors (Lipinski definition) is 2. The molecular formula is C28H22Cl3N3O5. The van der Waals surface area contributed by atoms with E-state index in [1.165, 1.54) is 36.4 Å². The number of anilines is 3. The number of nitrogens with zero attached hydrogens (tertiary/aromatic N) is 1. The molecule has 0 fully saturated rings. The molecule has 0 aliphatic carbocycles. The van der Waals surface area contributed by atoms with Crippen LogP contribution in [-0.4, -0.2) is 30.3 Å². The molecule has 0 unspecified atom stereocenters. The minimum absolute atomic E-state index is 0.147. The molecular weight excluding hydrogens is 565 g/mol. The first-order chi connectivity index (χ1) is 18.7. The number of carbonyl (C=O) groups excluding carboxylic acids is 4. The number of nitrogens with one attached hydrogen (secondary N) is 2. The van der Waals surface area contributed by atoms with E-state index in [0.717, 1.165) is 17.7 Å². The molecule has 0 radical (unpaired) electrons. The fraction of sp³-hybridized carbons (Fsp3) is 0.143. The van der Waals surface area contributed by atoms with E-state index < -0.39 is 23.7 Å².